The van der Waals surface area contributed by atoms with E-state index in [4.69, 9.17) is 0 Å². The van der Waals surface area contributed by atoms with E-state index in [0.717, 1.165) is 28.8 Å². The fraction of sp³-hybridized carbons (Fsp3) is 0.125. The predicted molar refractivity (Wildman–Crippen MR) is 87.0 cm³/mol. The van der Waals surface area contributed by atoms with Crippen LogP contribution in [0.2, 0.25) is 0 Å². The number of rotatable bonds is 5. The monoisotopic (exact) mass is 342 g/mol. The van der Waals surface area contributed by atoms with Crippen LogP contribution in [-0.2, 0) is 13.1 Å². The largest absolute Gasteiger partial charge is 0.380 e. The van der Waals surface area contributed by atoms with Gasteiger partial charge in [-0.1, -0.05) is 30.3 Å². The van der Waals surface area contributed by atoms with Crippen LogP contribution in [0.15, 0.2) is 65.7 Å². The molecule has 3 aromatic rings. The number of benzene rings is 1. The standard InChI is InChI=1S/C16H15BrN4/c17-15-6-16(10-18-9-15)19-7-14-8-20-21(12-14)11-13-4-2-1-3-5-13/h1-6,8-10,12,19H,7,11H2. The van der Waals surface area contributed by atoms with E-state index in [-0.39, 0.29) is 0 Å². The number of hydrogen-bond acceptors (Lipinski definition) is 3. The third-order valence-electron chi connectivity index (χ3n) is 3.08. The van der Waals surface area contributed by atoms with Crippen LogP contribution in [0.5, 0.6) is 0 Å². The van der Waals surface area contributed by atoms with E-state index in [2.05, 4.69) is 49.7 Å². The molecule has 0 bridgehead atoms. The molecule has 3 rings (SSSR count). The summed E-state index contributed by atoms with van der Waals surface area (Å²) in [5.41, 5.74) is 3.38. The number of pyridine rings is 1. The minimum absolute atomic E-state index is 0.729. The van der Waals surface area contributed by atoms with Crippen LogP contribution in [-0.4, -0.2) is 14.8 Å². The van der Waals surface area contributed by atoms with Gasteiger partial charge in [-0.25, -0.2) is 0 Å². The highest BCUT2D eigenvalue weighted by Crippen LogP contribution is 2.14. The third-order valence-corrected chi connectivity index (χ3v) is 3.51. The number of aromatic nitrogens is 3. The van der Waals surface area contributed by atoms with Gasteiger partial charge in [-0.2, -0.15) is 5.10 Å². The van der Waals surface area contributed by atoms with E-state index in [9.17, 15) is 0 Å². The van der Waals surface area contributed by atoms with E-state index in [1.807, 2.05) is 35.1 Å². The van der Waals surface area contributed by atoms with Gasteiger partial charge in [-0.15, -0.1) is 0 Å². The Morgan fingerprint density at radius 1 is 1.05 bits per heavy atom. The van der Waals surface area contributed by atoms with Crippen molar-refractivity contribution in [3.8, 4) is 0 Å². The highest BCUT2D eigenvalue weighted by atomic mass is 79.9. The second-order valence-corrected chi connectivity index (χ2v) is 5.69. The Balaban J connectivity index is 1.60. The lowest BCUT2D eigenvalue weighted by molar-refractivity contribution is 0.686. The normalized spacial score (nSPS) is 10.5. The van der Waals surface area contributed by atoms with Gasteiger partial charge in [0.05, 0.1) is 24.6 Å². The van der Waals surface area contributed by atoms with Crippen LogP contribution >= 0.6 is 15.9 Å². The lowest BCUT2D eigenvalue weighted by Crippen LogP contribution is -2.00. The van der Waals surface area contributed by atoms with Crippen molar-refractivity contribution in [2.75, 3.05) is 5.32 Å². The second-order valence-electron chi connectivity index (χ2n) is 4.78. The Kier molecular flexibility index (Phi) is 4.31. The van der Waals surface area contributed by atoms with Crippen molar-refractivity contribution < 1.29 is 0 Å². The first kappa shape index (κ1) is 13.8. The van der Waals surface area contributed by atoms with E-state index in [1.54, 1.807) is 12.4 Å². The van der Waals surface area contributed by atoms with Crippen molar-refractivity contribution >= 4 is 21.6 Å². The first-order valence-corrected chi connectivity index (χ1v) is 7.48. The molecular formula is C16H15BrN4. The van der Waals surface area contributed by atoms with E-state index in [1.165, 1.54) is 5.56 Å². The van der Waals surface area contributed by atoms with E-state index < -0.39 is 0 Å². The van der Waals surface area contributed by atoms with Crippen LogP contribution in [0.25, 0.3) is 0 Å². The van der Waals surface area contributed by atoms with Crippen LogP contribution < -0.4 is 5.32 Å². The molecule has 0 spiro atoms. The molecule has 4 nitrogen and oxygen atoms in total. The number of hydrogen-bond donors (Lipinski definition) is 1. The molecule has 5 heteroatoms. The summed E-state index contributed by atoms with van der Waals surface area (Å²) in [6.07, 6.45) is 7.52. The number of anilines is 1. The maximum Gasteiger partial charge on any atom is 0.0659 e. The summed E-state index contributed by atoms with van der Waals surface area (Å²) < 4.78 is 2.91. The quantitative estimate of drug-likeness (QED) is 0.768. The molecule has 0 fully saturated rings. The first-order chi connectivity index (χ1) is 10.3. The molecule has 0 aliphatic rings. The van der Waals surface area contributed by atoms with Crippen LogP contribution in [0.1, 0.15) is 11.1 Å². The molecule has 1 aromatic carbocycles. The summed E-state index contributed by atoms with van der Waals surface area (Å²) in [5.74, 6) is 0. The zero-order valence-electron chi connectivity index (χ0n) is 11.4. The summed E-state index contributed by atoms with van der Waals surface area (Å²) in [6.45, 7) is 1.52. The smallest absolute Gasteiger partial charge is 0.0659 e. The minimum Gasteiger partial charge on any atom is -0.380 e. The number of nitrogens with one attached hydrogen (secondary N) is 1. The Morgan fingerprint density at radius 3 is 2.71 bits per heavy atom. The average molecular weight is 343 g/mol. The predicted octanol–water partition coefficient (Wildman–Crippen LogP) is 3.70. The Labute approximate surface area is 132 Å². The SMILES string of the molecule is Brc1cncc(NCc2cnn(Cc3ccccc3)c2)c1. The van der Waals surface area contributed by atoms with Crippen molar-refractivity contribution in [1.29, 1.82) is 0 Å². The maximum atomic E-state index is 4.39. The highest BCUT2D eigenvalue weighted by Gasteiger charge is 2.00. The van der Waals surface area contributed by atoms with Crippen LogP contribution in [0, 0.1) is 0 Å². The lowest BCUT2D eigenvalue weighted by atomic mass is 10.2. The first-order valence-electron chi connectivity index (χ1n) is 6.69. The molecule has 21 heavy (non-hydrogen) atoms. The Morgan fingerprint density at radius 2 is 1.90 bits per heavy atom. The third kappa shape index (κ3) is 3.92. The summed E-state index contributed by atoms with van der Waals surface area (Å²) >= 11 is 3.41. The van der Waals surface area contributed by atoms with Crippen molar-refractivity contribution in [1.82, 2.24) is 14.8 Å². The van der Waals surface area contributed by atoms with Crippen molar-refractivity contribution in [3.05, 3.63) is 76.8 Å². The molecule has 0 amide bonds. The van der Waals surface area contributed by atoms with Crippen molar-refractivity contribution in [2.24, 2.45) is 0 Å². The highest BCUT2D eigenvalue weighted by molar-refractivity contribution is 9.10. The molecule has 0 saturated heterocycles. The van der Waals surface area contributed by atoms with Gasteiger partial charge >= 0.3 is 0 Å². The second kappa shape index (κ2) is 6.54. The van der Waals surface area contributed by atoms with Crippen LogP contribution in [0.4, 0.5) is 5.69 Å². The van der Waals surface area contributed by atoms with Crippen molar-refractivity contribution in [3.63, 3.8) is 0 Å². The molecule has 1 N–H and O–H groups in total. The summed E-state index contributed by atoms with van der Waals surface area (Å²) in [4.78, 5) is 4.13. The molecule has 106 valence electrons. The molecule has 2 aromatic heterocycles. The number of halogens is 1. The summed E-state index contributed by atoms with van der Waals surface area (Å²) in [5, 5.41) is 7.73. The van der Waals surface area contributed by atoms with Gasteiger partial charge in [0.2, 0.25) is 0 Å². The molecule has 0 atom stereocenters. The average Bonchev–Trinajstić information content (AvgIpc) is 2.94. The zero-order chi connectivity index (χ0) is 14.5. The molecule has 2 heterocycles. The fourth-order valence-corrected chi connectivity index (χ4v) is 2.43. The van der Waals surface area contributed by atoms with Gasteiger partial charge in [0, 0.05) is 29.0 Å². The molecule has 0 radical (unpaired) electrons. The van der Waals surface area contributed by atoms with Gasteiger partial charge in [0.25, 0.3) is 0 Å². The van der Waals surface area contributed by atoms with E-state index >= 15 is 0 Å². The molecule has 0 unspecified atom stereocenters. The lowest BCUT2D eigenvalue weighted by Gasteiger charge is -2.04. The van der Waals surface area contributed by atoms with Gasteiger partial charge in [-0.3, -0.25) is 9.67 Å². The molecule has 0 aliphatic carbocycles. The summed E-state index contributed by atoms with van der Waals surface area (Å²) in [7, 11) is 0. The fourth-order valence-electron chi connectivity index (χ4n) is 2.07. The van der Waals surface area contributed by atoms with Gasteiger partial charge in [0.1, 0.15) is 0 Å². The van der Waals surface area contributed by atoms with Gasteiger partial charge in [-0.05, 0) is 27.6 Å². The topological polar surface area (TPSA) is 42.7 Å². The van der Waals surface area contributed by atoms with Crippen molar-refractivity contribution in [2.45, 2.75) is 13.1 Å². The molecule has 0 aliphatic heterocycles. The van der Waals surface area contributed by atoms with Gasteiger partial charge in [0.15, 0.2) is 0 Å². The number of nitrogens with zero attached hydrogens (tertiary/aromatic N) is 3. The Bertz CT molecular complexity index is 709. The maximum absolute atomic E-state index is 4.39. The zero-order valence-corrected chi connectivity index (χ0v) is 13.0. The minimum atomic E-state index is 0.729. The van der Waals surface area contributed by atoms with E-state index in [0.29, 0.717) is 0 Å². The Hall–Kier alpha value is -2.14. The van der Waals surface area contributed by atoms with Gasteiger partial charge < -0.3 is 5.32 Å². The van der Waals surface area contributed by atoms with Crippen LogP contribution in [0.3, 0.4) is 0 Å². The molecular weight excluding hydrogens is 328 g/mol. The summed E-state index contributed by atoms with van der Waals surface area (Å²) in [6, 6.07) is 12.3. The molecule has 0 saturated carbocycles.